The van der Waals surface area contributed by atoms with Gasteiger partial charge in [0.25, 0.3) is 5.96 Å². The molecule has 13 heteroatoms. The maximum absolute atomic E-state index is 12.5. The highest BCUT2D eigenvalue weighted by molar-refractivity contribution is 5.95. The molecule has 1 fully saturated rings. The van der Waals surface area contributed by atoms with Gasteiger partial charge < -0.3 is 26.4 Å². The topological polar surface area (TPSA) is 173 Å². The standard InChI is InChI=1S/C20H31N7O5.ClH/c1-2-32-16-9-7-14(8-10-16)25-19(29)17-12-15(13-23-17)24-18(28)6-4-3-5-11-22-20(21)26-27(30)31;/h7-10,15,17,23H,2-6,11-13H2,1H3,(H,24,28)(H,25,29)(H3,21,22,26);1H/t15-,17-;/m0./s1. The molecule has 2 amide bonds. The van der Waals surface area contributed by atoms with Gasteiger partial charge in [-0.1, -0.05) is 11.8 Å². The van der Waals surface area contributed by atoms with Crippen LogP contribution in [0.15, 0.2) is 29.3 Å². The molecule has 0 radical (unpaired) electrons. The Balaban J connectivity index is 0.00000544. The Labute approximate surface area is 198 Å². The van der Waals surface area contributed by atoms with Gasteiger partial charge in [0.05, 0.1) is 12.6 Å². The Bertz CT molecular complexity index is 806. The van der Waals surface area contributed by atoms with Gasteiger partial charge in [0.1, 0.15) is 5.75 Å². The van der Waals surface area contributed by atoms with E-state index in [2.05, 4.69) is 20.9 Å². The van der Waals surface area contributed by atoms with Crippen LogP contribution in [0.1, 0.15) is 39.0 Å². The number of carbonyl (C=O) groups is 2. The lowest BCUT2D eigenvalue weighted by Gasteiger charge is -2.13. The molecule has 0 unspecified atom stereocenters. The summed E-state index contributed by atoms with van der Waals surface area (Å²) in [5, 5.41) is 18.4. The molecule has 1 heterocycles. The zero-order chi connectivity index (χ0) is 23.3. The fourth-order valence-electron chi connectivity index (χ4n) is 3.28. The van der Waals surface area contributed by atoms with Gasteiger partial charge in [-0.25, -0.2) is 15.1 Å². The Hall–Kier alpha value is -3.12. The van der Waals surface area contributed by atoms with Crippen molar-refractivity contribution in [2.24, 2.45) is 10.7 Å². The maximum Gasteiger partial charge on any atom is 0.251 e. The monoisotopic (exact) mass is 485 g/mol. The molecule has 0 saturated carbocycles. The van der Waals surface area contributed by atoms with Crippen LogP contribution >= 0.6 is 12.4 Å². The molecule has 0 aromatic heterocycles. The average Bonchev–Trinajstić information content (AvgIpc) is 3.20. The van der Waals surface area contributed by atoms with Gasteiger partial charge >= 0.3 is 0 Å². The summed E-state index contributed by atoms with van der Waals surface area (Å²) in [5.74, 6) is 0.304. The zero-order valence-corrected chi connectivity index (χ0v) is 19.4. The molecule has 1 aliphatic rings. The lowest BCUT2D eigenvalue weighted by molar-refractivity contribution is -0.525. The summed E-state index contributed by atoms with van der Waals surface area (Å²) < 4.78 is 5.38. The highest BCUT2D eigenvalue weighted by Crippen LogP contribution is 2.17. The van der Waals surface area contributed by atoms with Crippen LogP contribution in [0.3, 0.4) is 0 Å². The first kappa shape index (κ1) is 27.9. The number of carbonyl (C=O) groups excluding carboxylic acids is 2. The predicted octanol–water partition coefficient (Wildman–Crippen LogP) is 0.949. The number of hydrazine groups is 1. The number of unbranched alkanes of at least 4 members (excludes halogenated alkanes) is 2. The van der Waals surface area contributed by atoms with E-state index in [0.717, 1.165) is 12.2 Å². The fourth-order valence-corrected chi connectivity index (χ4v) is 3.28. The van der Waals surface area contributed by atoms with Gasteiger partial charge in [-0.05, 0) is 50.5 Å². The number of halogens is 1. The van der Waals surface area contributed by atoms with E-state index in [1.54, 1.807) is 29.7 Å². The van der Waals surface area contributed by atoms with Crippen LogP contribution < -0.4 is 31.8 Å². The number of anilines is 1. The molecule has 1 saturated heterocycles. The minimum atomic E-state index is -0.768. The summed E-state index contributed by atoms with van der Waals surface area (Å²) in [5.41, 5.74) is 7.77. The highest BCUT2D eigenvalue weighted by Gasteiger charge is 2.30. The Morgan fingerprint density at radius 3 is 2.67 bits per heavy atom. The molecule has 6 N–H and O–H groups in total. The number of hydrogen-bond donors (Lipinski definition) is 5. The van der Waals surface area contributed by atoms with Gasteiger partial charge in [0.15, 0.2) is 5.03 Å². The van der Waals surface area contributed by atoms with Crippen LogP contribution in [0.4, 0.5) is 5.69 Å². The summed E-state index contributed by atoms with van der Waals surface area (Å²) in [4.78, 5) is 38.6. The molecule has 12 nitrogen and oxygen atoms in total. The van der Waals surface area contributed by atoms with Crippen molar-refractivity contribution in [1.82, 2.24) is 16.1 Å². The third-order valence-electron chi connectivity index (χ3n) is 4.80. The summed E-state index contributed by atoms with van der Waals surface area (Å²) in [6, 6.07) is 6.70. The molecule has 2 rings (SSSR count). The van der Waals surface area contributed by atoms with Crippen molar-refractivity contribution >= 4 is 35.9 Å². The number of nitrogens with two attached hydrogens (primary N) is 1. The van der Waals surface area contributed by atoms with Crippen LogP contribution in [0.5, 0.6) is 5.75 Å². The third kappa shape index (κ3) is 10.8. The molecular weight excluding hydrogens is 454 g/mol. The highest BCUT2D eigenvalue weighted by atomic mass is 35.5. The Morgan fingerprint density at radius 1 is 1.27 bits per heavy atom. The fraction of sp³-hybridized carbons (Fsp3) is 0.550. The molecule has 0 aliphatic carbocycles. The first-order valence-corrected chi connectivity index (χ1v) is 10.6. The Morgan fingerprint density at radius 2 is 2.00 bits per heavy atom. The lowest BCUT2D eigenvalue weighted by atomic mass is 10.1. The first-order chi connectivity index (χ1) is 15.4. The van der Waals surface area contributed by atoms with Crippen LogP contribution in [-0.4, -0.2) is 54.6 Å². The molecule has 0 spiro atoms. The van der Waals surface area contributed by atoms with Gasteiger partial charge in [-0.2, -0.15) is 0 Å². The quantitative estimate of drug-likeness (QED) is 0.0956. The molecule has 1 aromatic rings. The van der Waals surface area contributed by atoms with E-state index >= 15 is 0 Å². The SMILES string of the molecule is CCOc1ccc(NC(=O)[C@@H]2C[C@H](NC(=O)CCCCCN=C(N)N[N+](=O)[O-])CN2)cc1.Cl. The average molecular weight is 486 g/mol. The minimum absolute atomic E-state index is 0. The number of aliphatic imine (C=N–C) groups is 1. The smallest absolute Gasteiger partial charge is 0.251 e. The van der Waals surface area contributed by atoms with Crippen molar-refractivity contribution in [3.63, 3.8) is 0 Å². The van der Waals surface area contributed by atoms with E-state index in [1.807, 2.05) is 6.92 Å². The van der Waals surface area contributed by atoms with Gasteiger partial charge in [0, 0.05) is 31.2 Å². The number of benzene rings is 1. The van der Waals surface area contributed by atoms with E-state index < -0.39 is 5.03 Å². The van der Waals surface area contributed by atoms with Crippen molar-refractivity contribution in [1.29, 1.82) is 0 Å². The van der Waals surface area contributed by atoms with Crippen molar-refractivity contribution in [2.45, 2.75) is 51.1 Å². The number of nitrogens with one attached hydrogen (secondary N) is 4. The number of nitro groups is 1. The van der Waals surface area contributed by atoms with Crippen molar-refractivity contribution in [2.75, 3.05) is 25.0 Å². The lowest BCUT2D eigenvalue weighted by Crippen LogP contribution is -2.36. The number of nitrogens with zero attached hydrogens (tertiary/aromatic N) is 2. The van der Waals surface area contributed by atoms with Gasteiger partial charge in [-0.3, -0.25) is 9.59 Å². The number of ether oxygens (including phenoxy) is 1. The number of hydrogen-bond acceptors (Lipinski definition) is 7. The second-order valence-corrected chi connectivity index (χ2v) is 7.35. The summed E-state index contributed by atoms with van der Waals surface area (Å²) in [6.45, 7) is 3.38. The number of rotatable bonds is 12. The number of guanidine groups is 1. The maximum atomic E-state index is 12.5. The van der Waals surface area contributed by atoms with E-state index in [-0.39, 0.29) is 42.3 Å². The normalized spacial score (nSPS) is 17.5. The minimum Gasteiger partial charge on any atom is -0.494 e. The first-order valence-electron chi connectivity index (χ1n) is 10.6. The second-order valence-electron chi connectivity index (χ2n) is 7.35. The second kappa shape index (κ2) is 14.9. The molecule has 1 aromatic carbocycles. The predicted molar refractivity (Wildman–Crippen MR) is 127 cm³/mol. The molecule has 0 bridgehead atoms. The van der Waals surface area contributed by atoms with E-state index in [9.17, 15) is 19.7 Å². The molecule has 2 atom stereocenters. The molecular formula is C20H32ClN7O5. The van der Waals surface area contributed by atoms with E-state index in [1.165, 1.54) is 0 Å². The zero-order valence-electron chi connectivity index (χ0n) is 18.5. The van der Waals surface area contributed by atoms with Crippen molar-refractivity contribution < 1.29 is 19.4 Å². The van der Waals surface area contributed by atoms with E-state index in [4.69, 9.17) is 10.5 Å². The summed E-state index contributed by atoms with van der Waals surface area (Å²) in [7, 11) is 0. The summed E-state index contributed by atoms with van der Waals surface area (Å²) >= 11 is 0. The molecule has 184 valence electrons. The molecule has 33 heavy (non-hydrogen) atoms. The van der Waals surface area contributed by atoms with Crippen LogP contribution in [0.2, 0.25) is 0 Å². The Kier molecular flexibility index (Phi) is 12.6. The van der Waals surface area contributed by atoms with Crippen LogP contribution in [0, 0.1) is 10.1 Å². The third-order valence-corrected chi connectivity index (χ3v) is 4.80. The van der Waals surface area contributed by atoms with Crippen molar-refractivity contribution in [3.8, 4) is 5.75 Å². The van der Waals surface area contributed by atoms with Gasteiger partial charge in [0.2, 0.25) is 11.8 Å². The molecule has 1 aliphatic heterocycles. The van der Waals surface area contributed by atoms with Crippen LogP contribution in [-0.2, 0) is 9.59 Å². The van der Waals surface area contributed by atoms with Gasteiger partial charge in [-0.15, -0.1) is 12.4 Å². The summed E-state index contributed by atoms with van der Waals surface area (Å²) in [6.07, 6.45) is 2.98. The number of amides is 2. The van der Waals surface area contributed by atoms with Crippen molar-refractivity contribution in [3.05, 3.63) is 34.4 Å². The van der Waals surface area contributed by atoms with Crippen LogP contribution in [0.25, 0.3) is 0 Å². The van der Waals surface area contributed by atoms with E-state index in [0.29, 0.717) is 51.1 Å². The largest absolute Gasteiger partial charge is 0.494 e.